The number of anilines is 1. The van der Waals surface area contributed by atoms with Gasteiger partial charge < -0.3 is 19.9 Å². The van der Waals surface area contributed by atoms with Crippen LogP contribution in [0.15, 0.2) is 102 Å². The Labute approximate surface area is 239 Å². The number of aromatic nitrogens is 2. The third-order valence-corrected chi connectivity index (χ3v) is 7.04. The van der Waals surface area contributed by atoms with Gasteiger partial charge in [-0.1, -0.05) is 54.6 Å². The molecule has 1 aliphatic heterocycles. The van der Waals surface area contributed by atoms with Crippen molar-refractivity contribution in [3.8, 4) is 0 Å². The first-order chi connectivity index (χ1) is 20.2. The maximum absolute atomic E-state index is 16.8. The van der Waals surface area contributed by atoms with Crippen LogP contribution in [0.4, 0.5) is 10.2 Å². The van der Waals surface area contributed by atoms with Gasteiger partial charge in [0.25, 0.3) is 5.91 Å². The highest BCUT2D eigenvalue weighted by molar-refractivity contribution is 6.03. The van der Waals surface area contributed by atoms with Crippen LogP contribution >= 0.6 is 0 Å². The number of esters is 1. The number of amides is 1. The Hall–Kier alpha value is -5.16. The number of carboxylic acid groups (broad SMARTS) is 1. The molecule has 10 nitrogen and oxygen atoms in total. The predicted octanol–water partition coefficient (Wildman–Crippen LogP) is 4.46. The van der Waals surface area contributed by atoms with Gasteiger partial charge in [0.05, 0.1) is 17.0 Å². The molecular weight excluding hydrogens is 545 g/mol. The van der Waals surface area contributed by atoms with Gasteiger partial charge in [0.2, 0.25) is 0 Å². The molecule has 0 bridgehead atoms. The summed E-state index contributed by atoms with van der Waals surface area (Å²) in [6, 6.07) is 23.7. The monoisotopic (exact) mass is 571 g/mol. The fourth-order valence-corrected chi connectivity index (χ4v) is 5.09. The normalized spacial score (nSPS) is 21.4. The third-order valence-electron chi connectivity index (χ3n) is 7.04. The fourth-order valence-electron chi connectivity index (χ4n) is 5.09. The number of aromatic carboxylic acids is 1. The molecule has 0 unspecified atom stereocenters. The van der Waals surface area contributed by atoms with Crippen molar-refractivity contribution in [2.75, 3.05) is 11.9 Å². The smallest absolute Gasteiger partial charge is 0.351 e. The lowest BCUT2D eigenvalue weighted by molar-refractivity contribution is -0.0642. The van der Waals surface area contributed by atoms with Crippen molar-refractivity contribution in [3.05, 3.63) is 130 Å². The number of benzene rings is 3. The van der Waals surface area contributed by atoms with Gasteiger partial charge in [0.1, 0.15) is 18.5 Å². The minimum Gasteiger partial charge on any atom is -0.478 e. The number of nitrogens with zero attached hydrogens (tertiary/aromatic N) is 2. The van der Waals surface area contributed by atoms with Gasteiger partial charge >= 0.3 is 17.6 Å². The van der Waals surface area contributed by atoms with Crippen molar-refractivity contribution in [2.24, 2.45) is 0 Å². The molecule has 0 spiro atoms. The van der Waals surface area contributed by atoms with E-state index in [2.05, 4.69) is 10.3 Å². The highest BCUT2D eigenvalue weighted by atomic mass is 19.1. The number of rotatable bonds is 8. The van der Waals surface area contributed by atoms with Crippen LogP contribution < -0.4 is 11.0 Å². The van der Waals surface area contributed by atoms with Crippen molar-refractivity contribution in [2.45, 2.75) is 30.8 Å². The zero-order chi connectivity index (χ0) is 29.9. The van der Waals surface area contributed by atoms with Crippen LogP contribution in [0.1, 0.15) is 55.7 Å². The van der Waals surface area contributed by atoms with E-state index < -0.39 is 54.1 Å². The Bertz CT molecular complexity index is 1670. The van der Waals surface area contributed by atoms with Gasteiger partial charge in [-0.2, -0.15) is 4.98 Å². The third kappa shape index (κ3) is 5.68. The molecule has 214 valence electrons. The number of nitrogens with one attached hydrogen (secondary N) is 1. The van der Waals surface area contributed by atoms with Gasteiger partial charge in [-0.15, -0.1) is 0 Å². The minimum atomic E-state index is -2.37. The Kier molecular flexibility index (Phi) is 7.94. The predicted molar refractivity (Wildman–Crippen MR) is 149 cm³/mol. The number of carbonyl (C=O) groups is 3. The zero-order valence-electron chi connectivity index (χ0n) is 22.3. The minimum absolute atomic E-state index is 0.0511. The number of carboxylic acids is 1. The second-order valence-electron chi connectivity index (χ2n) is 9.84. The summed E-state index contributed by atoms with van der Waals surface area (Å²) in [6.45, 7) is 0.771. The molecule has 1 aliphatic rings. The number of halogens is 1. The fraction of sp³-hybridized carbons (Fsp3) is 0.194. The second-order valence-corrected chi connectivity index (χ2v) is 9.84. The average Bonchev–Trinajstić information content (AvgIpc) is 3.26. The summed E-state index contributed by atoms with van der Waals surface area (Å²) in [5.74, 6) is -3.74. The van der Waals surface area contributed by atoms with Crippen LogP contribution in [-0.4, -0.2) is 50.9 Å². The first kappa shape index (κ1) is 28.4. The van der Waals surface area contributed by atoms with Crippen LogP contribution in [0.3, 0.4) is 0 Å². The van der Waals surface area contributed by atoms with Crippen molar-refractivity contribution in [3.63, 3.8) is 0 Å². The summed E-state index contributed by atoms with van der Waals surface area (Å²) < 4.78 is 29.2. The van der Waals surface area contributed by atoms with Crippen LogP contribution in [0.2, 0.25) is 0 Å². The summed E-state index contributed by atoms with van der Waals surface area (Å²) >= 11 is 0. The average molecular weight is 572 g/mol. The zero-order valence-corrected chi connectivity index (χ0v) is 22.3. The highest BCUT2D eigenvalue weighted by Gasteiger charge is 2.57. The molecule has 0 aliphatic carbocycles. The Morgan fingerprint density at radius 2 is 1.60 bits per heavy atom. The summed E-state index contributed by atoms with van der Waals surface area (Å²) in [4.78, 5) is 54.1. The lowest BCUT2D eigenvalue weighted by Crippen LogP contribution is -2.39. The van der Waals surface area contributed by atoms with Crippen molar-refractivity contribution in [1.82, 2.24) is 9.55 Å². The van der Waals surface area contributed by atoms with E-state index in [-0.39, 0.29) is 22.5 Å². The number of alkyl halides is 1. The molecule has 0 saturated carbocycles. The molecule has 1 amide bonds. The molecule has 1 fully saturated rings. The van der Waals surface area contributed by atoms with E-state index in [0.717, 1.165) is 4.57 Å². The molecule has 11 heteroatoms. The molecule has 5 rings (SSSR count). The summed E-state index contributed by atoms with van der Waals surface area (Å²) in [5, 5.41) is 12.3. The van der Waals surface area contributed by atoms with Crippen molar-refractivity contribution in [1.29, 1.82) is 0 Å². The van der Waals surface area contributed by atoms with Gasteiger partial charge in [-0.05, 0) is 48.9 Å². The summed E-state index contributed by atoms with van der Waals surface area (Å²) in [7, 11) is 0. The molecule has 1 aromatic heterocycles. The number of hydrogen-bond donors (Lipinski definition) is 2. The van der Waals surface area contributed by atoms with Crippen molar-refractivity contribution < 1.29 is 33.4 Å². The first-order valence-electron chi connectivity index (χ1n) is 13.0. The van der Waals surface area contributed by atoms with E-state index in [1.54, 1.807) is 66.7 Å². The Morgan fingerprint density at radius 1 is 0.976 bits per heavy atom. The Morgan fingerprint density at radius 3 is 2.24 bits per heavy atom. The molecule has 2 heterocycles. The van der Waals surface area contributed by atoms with E-state index in [1.165, 1.54) is 37.4 Å². The first-order valence-corrected chi connectivity index (χ1v) is 13.0. The maximum atomic E-state index is 16.8. The SMILES string of the molecule is C[C@@]1(F)[C@@H](c2ccccc2C(=O)O)[C@H](COC(=O)c2ccccc2)O[C@H]1n1ccc(NC(=O)c2ccccc2)nc1=O. The molecular formula is C31H26FN3O7. The second kappa shape index (κ2) is 11.8. The highest BCUT2D eigenvalue weighted by Crippen LogP contribution is 2.51. The maximum Gasteiger partial charge on any atom is 0.351 e. The summed E-state index contributed by atoms with van der Waals surface area (Å²) in [6.07, 6.45) is -1.50. The van der Waals surface area contributed by atoms with Crippen LogP contribution in [0.5, 0.6) is 0 Å². The quantitative estimate of drug-likeness (QED) is 0.296. The van der Waals surface area contributed by atoms with E-state index >= 15 is 4.39 Å². The molecule has 4 atom stereocenters. The lowest BCUT2D eigenvalue weighted by atomic mass is 9.80. The number of ether oxygens (including phenoxy) is 2. The standard InChI is InChI=1S/C31H26FN3O7/c1-31(32)25(21-14-8-9-15-22(21)27(37)38)23(18-41-28(39)20-12-6-3-7-13-20)42-29(31)35-17-16-24(34-30(35)40)33-26(36)19-10-4-2-5-11-19/h2-17,23,25,29H,18H2,1H3,(H,37,38)(H,33,34,36,40)/t23-,25-,29+,31+/m0/s1. The van der Waals surface area contributed by atoms with Crippen molar-refractivity contribution >= 4 is 23.7 Å². The topological polar surface area (TPSA) is 137 Å². The van der Waals surface area contributed by atoms with E-state index in [0.29, 0.717) is 5.56 Å². The van der Waals surface area contributed by atoms with Gasteiger partial charge in [0.15, 0.2) is 11.9 Å². The van der Waals surface area contributed by atoms with Gasteiger partial charge in [-0.25, -0.2) is 18.8 Å². The number of hydrogen-bond acceptors (Lipinski definition) is 7. The summed E-state index contributed by atoms with van der Waals surface area (Å²) in [5.41, 5.74) is -2.69. The lowest BCUT2D eigenvalue weighted by Gasteiger charge is -2.29. The molecule has 3 aromatic carbocycles. The molecule has 4 aromatic rings. The van der Waals surface area contributed by atoms with Crippen LogP contribution in [0.25, 0.3) is 0 Å². The van der Waals surface area contributed by atoms with Crippen LogP contribution in [0, 0.1) is 0 Å². The molecule has 42 heavy (non-hydrogen) atoms. The van der Waals surface area contributed by atoms with Crippen LogP contribution in [-0.2, 0) is 9.47 Å². The van der Waals surface area contributed by atoms with E-state index in [1.807, 2.05) is 0 Å². The molecule has 2 N–H and O–H groups in total. The largest absolute Gasteiger partial charge is 0.478 e. The molecule has 0 radical (unpaired) electrons. The van der Waals surface area contributed by atoms with E-state index in [4.69, 9.17) is 9.47 Å². The van der Waals surface area contributed by atoms with Gasteiger partial charge in [-0.3, -0.25) is 9.36 Å². The van der Waals surface area contributed by atoms with E-state index in [9.17, 15) is 24.3 Å². The Balaban J connectivity index is 1.46. The molecule has 1 saturated heterocycles. The number of carbonyl (C=O) groups excluding carboxylic acids is 2. The van der Waals surface area contributed by atoms with Gasteiger partial charge in [0, 0.05) is 11.8 Å².